The first kappa shape index (κ1) is 17.6. The number of aryl methyl sites for hydroxylation is 1. The van der Waals surface area contributed by atoms with Crippen LogP contribution in [0.15, 0.2) is 71.5 Å². The zero-order valence-corrected chi connectivity index (χ0v) is 15.8. The lowest BCUT2D eigenvalue weighted by molar-refractivity contribution is 0.526. The third-order valence-electron chi connectivity index (χ3n) is 4.40. The van der Waals surface area contributed by atoms with Gasteiger partial charge in [0.25, 0.3) is 5.56 Å². The van der Waals surface area contributed by atoms with Gasteiger partial charge in [-0.25, -0.2) is 4.98 Å². The maximum absolute atomic E-state index is 12.1. The molecule has 0 aliphatic carbocycles. The lowest BCUT2D eigenvalue weighted by Crippen LogP contribution is -2.23. The summed E-state index contributed by atoms with van der Waals surface area (Å²) in [5, 5.41) is 8.87. The third kappa shape index (κ3) is 4.13. The highest BCUT2D eigenvalue weighted by Gasteiger charge is 2.14. The van der Waals surface area contributed by atoms with Crippen molar-refractivity contribution in [3.63, 3.8) is 0 Å². The van der Waals surface area contributed by atoms with Crippen molar-refractivity contribution >= 4 is 16.3 Å². The average Bonchev–Trinajstić information content (AvgIpc) is 3.10. The Balaban J connectivity index is 1.57. The molecule has 0 amide bonds. The van der Waals surface area contributed by atoms with E-state index in [1.807, 2.05) is 19.1 Å². The van der Waals surface area contributed by atoms with E-state index in [0.717, 1.165) is 17.1 Å². The van der Waals surface area contributed by atoms with E-state index in [1.165, 1.54) is 33.0 Å². The van der Waals surface area contributed by atoms with Crippen LogP contribution in [0.3, 0.4) is 0 Å². The maximum Gasteiger partial charge on any atom is 0.275 e. The number of aromatic nitrogens is 3. The molecule has 0 aliphatic rings. The number of rotatable bonds is 6. The lowest BCUT2D eigenvalue weighted by atomic mass is 9.99. The minimum atomic E-state index is -0.135. The second kappa shape index (κ2) is 7.82. The highest BCUT2D eigenvalue weighted by Crippen LogP contribution is 2.20. The molecular weight excluding hydrogens is 356 g/mol. The number of hydrogen-bond acceptors (Lipinski definition) is 5. The summed E-state index contributed by atoms with van der Waals surface area (Å²) in [6.07, 6.45) is 0.882. The second-order valence-corrected chi connectivity index (χ2v) is 7.50. The summed E-state index contributed by atoms with van der Waals surface area (Å²) in [7, 11) is 0. The molecule has 4 rings (SSSR count). The first-order valence-electron chi connectivity index (χ1n) is 8.88. The molecule has 0 saturated carbocycles. The van der Waals surface area contributed by atoms with Crippen molar-refractivity contribution in [2.24, 2.45) is 0 Å². The predicted molar refractivity (Wildman–Crippen MR) is 108 cm³/mol. The zero-order valence-electron chi connectivity index (χ0n) is 15.0. The van der Waals surface area contributed by atoms with Crippen LogP contribution in [0.1, 0.15) is 27.9 Å². The molecule has 5 nitrogen and oxygen atoms in total. The van der Waals surface area contributed by atoms with Gasteiger partial charge in [0.05, 0.1) is 6.54 Å². The van der Waals surface area contributed by atoms with Crippen molar-refractivity contribution in [1.82, 2.24) is 19.9 Å². The Bertz CT molecular complexity index is 1090. The predicted octanol–water partition coefficient (Wildman–Crippen LogP) is 3.53. The number of nitrogens with one attached hydrogen (secondary N) is 1. The summed E-state index contributed by atoms with van der Waals surface area (Å²) in [4.78, 5) is 17.1. The van der Waals surface area contributed by atoms with E-state index in [-0.39, 0.29) is 11.6 Å². The fourth-order valence-electron chi connectivity index (χ4n) is 3.08. The highest BCUT2D eigenvalue weighted by molar-refractivity contribution is 7.16. The van der Waals surface area contributed by atoms with Gasteiger partial charge in [0.2, 0.25) is 4.96 Å². The number of nitrogens with zero attached hydrogens (tertiary/aromatic N) is 3. The normalized spacial score (nSPS) is 12.3. The third-order valence-corrected chi connectivity index (χ3v) is 5.31. The SMILES string of the molecule is Cc1cc(=O)n2nc(CN[C@H](Cc3ccccc3)c3ccccc3)sc2n1. The molecule has 0 bridgehead atoms. The van der Waals surface area contributed by atoms with E-state index in [9.17, 15) is 4.79 Å². The summed E-state index contributed by atoms with van der Waals surface area (Å²) >= 11 is 1.45. The first-order valence-corrected chi connectivity index (χ1v) is 9.69. The van der Waals surface area contributed by atoms with Gasteiger partial charge >= 0.3 is 0 Å². The largest absolute Gasteiger partial charge is 0.303 e. The molecule has 2 heterocycles. The Morgan fingerprint density at radius 3 is 2.52 bits per heavy atom. The van der Waals surface area contributed by atoms with Crippen LogP contribution >= 0.6 is 11.3 Å². The summed E-state index contributed by atoms with van der Waals surface area (Å²) in [5.74, 6) is 0. The summed E-state index contributed by atoms with van der Waals surface area (Å²) in [5.41, 5.74) is 3.09. The fourth-order valence-corrected chi connectivity index (χ4v) is 3.98. The fraction of sp³-hybridized carbons (Fsp3) is 0.190. The van der Waals surface area contributed by atoms with Crippen LogP contribution < -0.4 is 10.9 Å². The Kier molecular flexibility index (Phi) is 5.09. The van der Waals surface area contributed by atoms with E-state index in [2.05, 4.69) is 63.9 Å². The minimum absolute atomic E-state index is 0.135. The van der Waals surface area contributed by atoms with Crippen LogP contribution in [0.4, 0.5) is 0 Å². The number of hydrogen-bond donors (Lipinski definition) is 1. The monoisotopic (exact) mass is 376 g/mol. The highest BCUT2D eigenvalue weighted by atomic mass is 32.1. The molecule has 2 aromatic carbocycles. The summed E-state index contributed by atoms with van der Waals surface area (Å²) in [6, 6.07) is 22.5. The van der Waals surface area contributed by atoms with Gasteiger partial charge in [0.15, 0.2) is 0 Å². The molecule has 1 atom stereocenters. The smallest absolute Gasteiger partial charge is 0.275 e. The molecule has 0 radical (unpaired) electrons. The van der Waals surface area contributed by atoms with Crippen molar-refractivity contribution in [3.8, 4) is 0 Å². The molecule has 0 saturated heterocycles. The van der Waals surface area contributed by atoms with Crippen molar-refractivity contribution < 1.29 is 0 Å². The number of benzene rings is 2. The number of fused-ring (bicyclic) bond motifs is 1. The van der Waals surface area contributed by atoms with Gasteiger partial charge in [-0.15, -0.1) is 0 Å². The van der Waals surface area contributed by atoms with Crippen molar-refractivity contribution in [2.75, 3.05) is 0 Å². The van der Waals surface area contributed by atoms with Gasteiger partial charge in [0.1, 0.15) is 5.01 Å². The molecular formula is C21H20N4OS. The van der Waals surface area contributed by atoms with Gasteiger partial charge in [-0.3, -0.25) is 4.79 Å². The van der Waals surface area contributed by atoms with E-state index < -0.39 is 0 Å². The van der Waals surface area contributed by atoms with E-state index >= 15 is 0 Å². The van der Waals surface area contributed by atoms with E-state index in [0.29, 0.717) is 11.5 Å². The Morgan fingerprint density at radius 1 is 1.07 bits per heavy atom. The molecule has 6 heteroatoms. The van der Waals surface area contributed by atoms with Gasteiger partial charge in [0, 0.05) is 17.8 Å². The van der Waals surface area contributed by atoms with E-state index in [4.69, 9.17) is 0 Å². The van der Waals surface area contributed by atoms with Crippen molar-refractivity contribution in [1.29, 1.82) is 0 Å². The quantitative estimate of drug-likeness (QED) is 0.559. The maximum atomic E-state index is 12.1. The van der Waals surface area contributed by atoms with E-state index in [1.54, 1.807) is 0 Å². The van der Waals surface area contributed by atoms with Crippen molar-refractivity contribution in [2.45, 2.75) is 25.9 Å². The van der Waals surface area contributed by atoms with Crippen LogP contribution in [0, 0.1) is 6.92 Å². The van der Waals surface area contributed by atoms with Crippen LogP contribution in [-0.2, 0) is 13.0 Å². The molecule has 2 aromatic heterocycles. The topological polar surface area (TPSA) is 59.3 Å². The molecule has 0 unspecified atom stereocenters. The van der Waals surface area contributed by atoms with Crippen LogP contribution in [0.5, 0.6) is 0 Å². The molecule has 136 valence electrons. The van der Waals surface area contributed by atoms with Crippen molar-refractivity contribution in [3.05, 3.63) is 98.9 Å². The Labute approximate surface area is 161 Å². The van der Waals surface area contributed by atoms with Crippen LogP contribution in [0.25, 0.3) is 4.96 Å². The summed E-state index contributed by atoms with van der Waals surface area (Å²) < 4.78 is 1.38. The second-order valence-electron chi connectivity index (χ2n) is 6.46. The minimum Gasteiger partial charge on any atom is -0.303 e. The van der Waals surface area contributed by atoms with Gasteiger partial charge < -0.3 is 5.32 Å². The molecule has 0 fully saturated rings. The molecule has 0 aliphatic heterocycles. The molecule has 1 N–H and O–H groups in total. The molecule has 27 heavy (non-hydrogen) atoms. The molecule has 4 aromatic rings. The zero-order chi connectivity index (χ0) is 18.6. The Morgan fingerprint density at radius 2 is 1.78 bits per heavy atom. The van der Waals surface area contributed by atoms with Gasteiger partial charge in [-0.1, -0.05) is 72.0 Å². The Hall–Kier alpha value is -2.83. The van der Waals surface area contributed by atoms with Crippen LogP contribution in [0.2, 0.25) is 0 Å². The van der Waals surface area contributed by atoms with Gasteiger partial charge in [-0.2, -0.15) is 9.61 Å². The summed E-state index contributed by atoms with van der Waals surface area (Å²) in [6.45, 7) is 2.41. The van der Waals surface area contributed by atoms with Gasteiger partial charge in [-0.05, 0) is 24.5 Å². The van der Waals surface area contributed by atoms with Crippen LogP contribution in [-0.4, -0.2) is 14.6 Å². The standard InChI is InChI=1S/C21H20N4OS/c1-15-12-20(26)25-21(23-15)27-19(24-25)14-22-18(17-10-6-3-7-11-17)13-16-8-4-2-5-9-16/h2-12,18,22H,13-14H2,1H3/t18-/m1/s1. The lowest BCUT2D eigenvalue weighted by Gasteiger charge is -2.19. The molecule has 0 spiro atoms. The first-order chi connectivity index (χ1) is 13.2. The average molecular weight is 376 g/mol.